The van der Waals surface area contributed by atoms with E-state index in [1.54, 1.807) is 24.3 Å². The lowest BCUT2D eigenvalue weighted by Crippen LogP contribution is -2.39. The number of carbonyl (C=O) groups is 4. The van der Waals surface area contributed by atoms with Gasteiger partial charge >= 0.3 is 5.97 Å². The Balaban J connectivity index is 2.09. The molecule has 0 saturated heterocycles. The minimum atomic E-state index is -2.06. The van der Waals surface area contributed by atoms with Crippen LogP contribution in [0.3, 0.4) is 0 Å². The summed E-state index contributed by atoms with van der Waals surface area (Å²) in [5.74, 6) is -7.17. The molecule has 0 aliphatic rings. The molecule has 3 rings (SSSR count). The van der Waals surface area contributed by atoms with Gasteiger partial charge in [0.2, 0.25) is 5.78 Å². The summed E-state index contributed by atoms with van der Waals surface area (Å²) in [4.78, 5) is 70.5. The van der Waals surface area contributed by atoms with Gasteiger partial charge < -0.3 is 15.0 Å². The third-order valence-electron chi connectivity index (χ3n) is 5.46. The van der Waals surface area contributed by atoms with E-state index in [-0.39, 0.29) is 11.4 Å². The number of hydrogen-bond acceptors (Lipinski definition) is 7. The molecule has 0 aliphatic carbocycles. The fourth-order valence-electron chi connectivity index (χ4n) is 3.68. The second-order valence-electron chi connectivity index (χ2n) is 7.97. The predicted molar refractivity (Wildman–Crippen MR) is 126 cm³/mol. The summed E-state index contributed by atoms with van der Waals surface area (Å²) in [6.45, 7) is 5.78. The van der Waals surface area contributed by atoms with E-state index in [0.717, 1.165) is 18.2 Å². The van der Waals surface area contributed by atoms with Gasteiger partial charge in [-0.15, -0.1) is 0 Å². The van der Waals surface area contributed by atoms with Crippen molar-refractivity contribution in [3.63, 3.8) is 0 Å². The van der Waals surface area contributed by atoms with Gasteiger partial charge in [-0.25, -0.2) is 9.78 Å². The first kappa shape index (κ1) is 24.5. The van der Waals surface area contributed by atoms with E-state index < -0.39 is 40.6 Å². The number of carbonyl (C=O) groups excluding carboxylic acids is 4. The van der Waals surface area contributed by atoms with Crippen LogP contribution in [-0.4, -0.2) is 40.5 Å². The van der Waals surface area contributed by atoms with Crippen molar-refractivity contribution in [3.8, 4) is 0 Å². The first-order chi connectivity index (χ1) is 16.2. The van der Waals surface area contributed by atoms with E-state index in [1.807, 2.05) is 39.0 Å². The zero-order chi connectivity index (χ0) is 25.0. The Morgan fingerprint density at radius 1 is 1.03 bits per heavy atom. The minimum absolute atomic E-state index is 0.0365. The average Bonchev–Trinajstić information content (AvgIpc) is 2.83. The van der Waals surface area contributed by atoms with Crippen LogP contribution in [0.2, 0.25) is 0 Å². The minimum Gasteiger partial charge on any atom is -0.463 e. The van der Waals surface area contributed by atoms with Crippen molar-refractivity contribution in [1.82, 2.24) is 9.97 Å². The van der Waals surface area contributed by atoms with Crippen LogP contribution in [-0.2, 0) is 30.3 Å². The Bertz CT molecular complexity index is 1340. The number of methoxy groups -OCH3 is 1. The number of rotatable bonds is 8. The summed E-state index contributed by atoms with van der Waals surface area (Å²) in [6, 6.07) is 12.0. The molecule has 2 N–H and O–H groups in total. The molecule has 1 atom stereocenters. The number of aromatic amines is 1. The molecule has 9 nitrogen and oxygen atoms in total. The third kappa shape index (κ3) is 4.78. The lowest BCUT2D eigenvalue weighted by Gasteiger charge is -2.18. The number of Topliss-reactive ketones (excluding diaryl/α,β-unsaturated/α-hetero) is 2. The molecular weight excluding hydrogens is 438 g/mol. The standard InChI is InChI=1S/C25H25N3O6/c1-5-14-9-8-10-15(13(2)3)19(14)28-24(32)21(29)18(22(30)25(33)34-4)20-23(31)27-17-12-7-6-11-16(17)26-20/h6-13,18H,5H2,1-4H3,(H,27,31)(H,28,32)/t18-/m0/s1. The first-order valence-electron chi connectivity index (χ1n) is 10.8. The lowest BCUT2D eigenvalue weighted by atomic mass is 9.93. The molecule has 2 aromatic carbocycles. The van der Waals surface area contributed by atoms with E-state index in [0.29, 0.717) is 17.6 Å². The maximum atomic E-state index is 13.2. The number of ether oxygens (including phenoxy) is 1. The van der Waals surface area contributed by atoms with Crippen LogP contribution < -0.4 is 10.9 Å². The summed E-state index contributed by atoms with van der Waals surface area (Å²) >= 11 is 0. The van der Waals surface area contributed by atoms with Gasteiger partial charge in [0, 0.05) is 5.69 Å². The molecule has 0 unspecified atom stereocenters. The van der Waals surface area contributed by atoms with Crippen LogP contribution in [0.4, 0.5) is 5.69 Å². The predicted octanol–water partition coefficient (Wildman–Crippen LogP) is 2.64. The Kier molecular flexibility index (Phi) is 7.35. The van der Waals surface area contributed by atoms with Crippen molar-refractivity contribution in [2.45, 2.75) is 39.0 Å². The average molecular weight is 463 g/mol. The summed E-state index contributed by atoms with van der Waals surface area (Å²) in [7, 11) is 0.965. The molecule has 176 valence electrons. The Labute approximate surface area is 195 Å². The van der Waals surface area contributed by atoms with Crippen LogP contribution >= 0.6 is 0 Å². The van der Waals surface area contributed by atoms with Crippen LogP contribution in [0.15, 0.2) is 47.3 Å². The normalized spacial score (nSPS) is 11.8. The molecule has 34 heavy (non-hydrogen) atoms. The number of aromatic nitrogens is 2. The van der Waals surface area contributed by atoms with Crippen molar-refractivity contribution in [3.05, 3.63) is 69.6 Å². The zero-order valence-electron chi connectivity index (χ0n) is 19.3. The number of fused-ring (bicyclic) bond motifs is 1. The molecule has 0 saturated carbocycles. The molecule has 9 heteroatoms. The highest BCUT2D eigenvalue weighted by molar-refractivity contribution is 6.52. The van der Waals surface area contributed by atoms with Crippen molar-refractivity contribution in [2.24, 2.45) is 0 Å². The second-order valence-corrected chi connectivity index (χ2v) is 7.97. The van der Waals surface area contributed by atoms with Gasteiger partial charge in [0.1, 0.15) is 11.6 Å². The van der Waals surface area contributed by atoms with Gasteiger partial charge in [0.05, 0.1) is 18.1 Å². The number of H-pyrrole nitrogens is 1. The summed E-state index contributed by atoms with van der Waals surface area (Å²) < 4.78 is 4.46. The monoisotopic (exact) mass is 463 g/mol. The van der Waals surface area contributed by atoms with E-state index in [1.165, 1.54) is 0 Å². The molecule has 1 amide bonds. The molecule has 0 aliphatic heterocycles. The van der Waals surface area contributed by atoms with Crippen molar-refractivity contribution < 1.29 is 23.9 Å². The fourth-order valence-corrected chi connectivity index (χ4v) is 3.68. The summed E-state index contributed by atoms with van der Waals surface area (Å²) in [6.07, 6.45) is 0.584. The van der Waals surface area contributed by atoms with E-state index in [2.05, 4.69) is 20.0 Å². The number of para-hydroxylation sites is 3. The van der Waals surface area contributed by atoms with Gasteiger partial charge in [0.25, 0.3) is 17.2 Å². The van der Waals surface area contributed by atoms with Crippen molar-refractivity contribution >= 4 is 40.2 Å². The highest BCUT2D eigenvalue weighted by Gasteiger charge is 2.40. The van der Waals surface area contributed by atoms with E-state index in [9.17, 15) is 24.0 Å². The Morgan fingerprint density at radius 3 is 2.38 bits per heavy atom. The Hall–Kier alpha value is -4.14. The molecule has 0 fully saturated rings. The number of anilines is 1. The largest absolute Gasteiger partial charge is 0.463 e. The Morgan fingerprint density at radius 2 is 1.74 bits per heavy atom. The second kappa shape index (κ2) is 10.2. The highest BCUT2D eigenvalue weighted by atomic mass is 16.5. The number of nitrogens with zero attached hydrogens (tertiary/aromatic N) is 1. The molecule has 3 aromatic rings. The maximum absolute atomic E-state index is 13.2. The number of amides is 1. The topological polar surface area (TPSA) is 135 Å². The fraction of sp³-hybridized carbons (Fsp3) is 0.280. The number of nitrogens with one attached hydrogen (secondary N) is 2. The van der Waals surface area contributed by atoms with Gasteiger partial charge in [-0.2, -0.15) is 0 Å². The van der Waals surface area contributed by atoms with E-state index >= 15 is 0 Å². The quantitative estimate of drug-likeness (QED) is 0.298. The van der Waals surface area contributed by atoms with Crippen molar-refractivity contribution in [1.29, 1.82) is 0 Å². The van der Waals surface area contributed by atoms with E-state index in [4.69, 9.17) is 0 Å². The maximum Gasteiger partial charge on any atom is 0.375 e. The summed E-state index contributed by atoms with van der Waals surface area (Å²) in [5, 5.41) is 2.60. The molecule has 0 bridgehead atoms. The number of hydrogen-bond donors (Lipinski definition) is 2. The highest BCUT2D eigenvalue weighted by Crippen LogP contribution is 2.29. The van der Waals surface area contributed by atoms with Gasteiger partial charge in [-0.05, 0) is 35.6 Å². The number of esters is 1. The van der Waals surface area contributed by atoms with Gasteiger partial charge in [0.15, 0.2) is 0 Å². The zero-order valence-corrected chi connectivity index (χ0v) is 19.3. The van der Waals surface area contributed by atoms with Crippen LogP contribution in [0.25, 0.3) is 11.0 Å². The molecule has 1 heterocycles. The third-order valence-corrected chi connectivity index (χ3v) is 5.46. The smallest absolute Gasteiger partial charge is 0.375 e. The molecular formula is C25H25N3O6. The van der Waals surface area contributed by atoms with Gasteiger partial charge in [-0.1, -0.05) is 51.1 Å². The van der Waals surface area contributed by atoms with Crippen LogP contribution in [0.1, 0.15) is 49.4 Å². The molecule has 1 aromatic heterocycles. The summed E-state index contributed by atoms with van der Waals surface area (Å²) in [5.41, 5.74) is 1.30. The molecule has 0 spiro atoms. The molecule has 0 radical (unpaired) electrons. The van der Waals surface area contributed by atoms with Crippen LogP contribution in [0.5, 0.6) is 0 Å². The SMILES string of the molecule is CCc1cccc(C(C)C)c1NC(=O)C(=O)[C@@H](C(=O)C(=O)OC)c1nc2ccccc2[nH]c1=O. The number of benzene rings is 2. The number of aryl methyl sites for hydroxylation is 1. The van der Waals surface area contributed by atoms with Gasteiger partial charge in [-0.3, -0.25) is 19.2 Å². The van der Waals surface area contributed by atoms with Crippen molar-refractivity contribution in [2.75, 3.05) is 12.4 Å². The first-order valence-corrected chi connectivity index (χ1v) is 10.8. The lowest BCUT2D eigenvalue weighted by molar-refractivity contribution is -0.154. The van der Waals surface area contributed by atoms with Crippen LogP contribution in [0, 0.1) is 0 Å². The number of ketones is 2.